The molecule has 1 aromatic carbocycles. The van der Waals surface area contributed by atoms with E-state index in [4.69, 9.17) is 0 Å². The van der Waals surface area contributed by atoms with Crippen molar-refractivity contribution in [3.63, 3.8) is 0 Å². The molecule has 0 heterocycles. The van der Waals surface area contributed by atoms with Gasteiger partial charge in [-0.25, -0.2) is 0 Å². The average molecular weight is 264 g/mol. The molecule has 0 radical (unpaired) electrons. The van der Waals surface area contributed by atoms with Crippen LogP contribution >= 0.6 is 0 Å². The van der Waals surface area contributed by atoms with Crippen LogP contribution in [0.25, 0.3) is 0 Å². The zero-order chi connectivity index (χ0) is 14.1. The lowest BCUT2D eigenvalue weighted by Crippen LogP contribution is -2.45. The van der Waals surface area contributed by atoms with Crippen molar-refractivity contribution in [1.82, 2.24) is 10.6 Å². The third-order valence-corrected chi connectivity index (χ3v) is 2.39. The van der Waals surface area contributed by atoms with E-state index in [0.29, 0.717) is 12.8 Å². The molecule has 0 bridgehead atoms. The maximum Gasteiger partial charge on any atom is 0.304 e. The molecule has 0 spiro atoms. The van der Waals surface area contributed by atoms with Crippen molar-refractivity contribution in [2.24, 2.45) is 0 Å². The Kier molecular flexibility index (Phi) is 6.08. The Labute approximate surface area is 111 Å². The third kappa shape index (κ3) is 5.67. The molecular formula is C13H16N2O4. The lowest BCUT2D eigenvalue weighted by molar-refractivity contribution is -0.143. The SMILES string of the molecule is CC(=O)OCNC(=O)C(Cc1ccccc1)NC=O. The van der Waals surface area contributed by atoms with Gasteiger partial charge in [-0.3, -0.25) is 14.4 Å². The minimum atomic E-state index is -0.699. The Morgan fingerprint density at radius 1 is 1.32 bits per heavy atom. The molecule has 0 aliphatic carbocycles. The van der Waals surface area contributed by atoms with E-state index < -0.39 is 17.9 Å². The predicted octanol–water partition coefficient (Wildman–Crippen LogP) is -0.0195. The van der Waals surface area contributed by atoms with Crippen LogP contribution in [0.5, 0.6) is 0 Å². The van der Waals surface area contributed by atoms with E-state index in [1.54, 1.807) is 0 Å². The molecule has 1 rings (SSSR count). The molecule has 0 aliphatic heterocycles. The minimum Gasteiger partial charge on any atom is -0.445 e. The van der Waals surface area contributed by atoms with Crippen molar-refractivity contribution in [1.29, 1.82) is 0 Å². The Morgan fingerprint density at radius 3 is 2.58 bits per heavy atom. The highest BCUT2D eigenvalue weighted by molar-refractivity contribution is 5.84. The first kappa shape index (κ1) is 14.7. The fraction of sp³-hybridized carbons (Fsp3) is 0.308. The highest BCUT2D eigenvalue weighted by Gasteiger charge is 2.17. The van der Waals surface area contributed by atoms with E-state index in [1.165, 1.54) is 6.92 Å². The standard InChI is InChI=1S/C13H16N2O4/c1-10(17)19-9-15-13(18)12(14-8-16)7-11-5-3-2-4-6-11/h2-6,8,12H,7,9H2,1H3,(H,14,16)(H,15,18). The fourth-order valence-electron chi connectivity index (χ4n) is 1.49. The van der Waals surface area contributed by atoms with Gasteiger partial charge in [-0.1, -0.05) is 30.3 Å². The number of rotatable bonds is 7. The molecule has 2 N–H and O–H groups in total. The number of esters is 1. The molecule has 6 heteroatoms. The van der Waals surface area contributed by atoms with Gasteiger partial charge in [-0.05, 0) is 5.56 Å². The van der Waals surface area contributed by atoms with Crippen LogP contribution in [-0.4, -0.2) is 31.1 Å². The first-order valence-corrected chi connectivity index (χ1v) is 5.78. The zero-order valence-electron chi connectivity index (χ0n) is 10.6. The van der Waals surface area contributed by atoms with Gasteiger partial charge in [0.25, 0.3) is 0 Å². The van der Waals surface area contributed by atoms with Crippen LogP contribution in [0.15, 0.2) is 30.3 Å². The van der Waals surface area contributed by atoms with Crippen LogP contribution in [-0.2, 0) is 25.5 Å². The summed E-state index contributed by atoms with van der Waals surface area (Å²) in [5, 5.41) is 4.85. The maximum atomic E-state index is 11.8. The van der Waals surface area contributed by atoms with E-state index in [2.05, 4.69) is 15.4 Å². The highest BCUT2D eigenvalue weighted by Crippen LogP contribution is 2.03. The second kappa shape index (κ2) is 7.86. The molecule has 6 nitrogen and oxygen atoms in total. The molecule has 1 atom stereocenters. The first-order valence-electron chi connectivity index (χ1n) is 5.78. The van der Waals surface area contributed by atoms with Crippen molar-refractivity contribution >= 4 is 18.3 Å². The van der Waals surface area contributed by atoms with Gasteiger partial charge in [0.15, 0.2) is 6.73 Å². The maximum absolute atomic E-state index is 11.8. The summed E-state index contributed by atoms with van der Waals surface area (Å²) < 4.78 is 4.60. The van der Waals surface area contributed by atoms with Crippen LogP contribution in [0.3, 0.4) is 0 Å². The summed E-state index contributed by atoms with van der Waals surface area (Å²) in [6, 6.07) is 8.59. The lowest BCUT2D eigenvalue weighted by atomic mass is 10.1. The molecule has 0 saturated heterocycles. The Balaban J connectivity index is 2.53. The van der Waals surface area contributed by atoms with Gasteiger partial charge < -0.3 is 15.4 Å². The van der Waals surface area contributed by atoms with E-state index >= 15 is 0 Å². The normalized spacial score (nSPS) is 11.2. The lowest BCUT2D eigenvalue weighted by Gasteiger charge is -2.15. The summed E-state index contributed by atoms with van der Waals surface area (Å²) in [5.41, 5.74) is 0.921. The van der Waals surface area contributed by atoms with Crippen LogP contribution in [0.1, 0.15) is 12.5 Å². The van der Waals surface area contributed by atoms with Crippen molar-refractivity contribution in [3.05, 3.63) is 35.9 Å². The largest absolute Gasteiger partial charge is 0.445 e. The van der Waals surface area contributed by atoms with Crippen LogP contribution in [0.2, 0.25) is 0 Å². The third-order valence-electron chi connectivity index (χ3n) is 2.39. The number of hydrogen-bond donors (Lipinski definition) is 2. The number of ether oxygens (including phenoxy) is 1. The average Bonchev–Trinajstić information content (AvgIpc) is 2.39. The second-order valence-corrected chi connectivity index (χ2v) is 3.85. The Morgan fingerprint density at radius 2 is 2.00 bits per heavy atom. The monoisotopic (exact) mass is 264 g/mol. The number of nitrogens with one attached hydrogen (secondary N) is 2. The molecule has 0 fully saturated rings. The van der Waals surface area contributed by atoms with Crippen molar-refractivity contribution in [2.45, 2.75) is 19.4 Å². The van der Waals surface area contributed by atoms with Crippen LogP contribution in [0.4, 0.5) is 0 Å². The predicted molar refractivity (Wildman–Crippen MR) is 67.9 cm³/mol. The van der Waals surface area contributed by atoms with Crippen molar-refractivity contribution in [2.75, 3.05) is 6.73 Å². The summed E-state index contributed by atoms with van der Waals surface area (Å²) in [5.74, 6) is -0.888. The first-order chi connectivity index (χ1) is 9.13. The molecule has 102 valence electrons. The number of amides is 2. The van der Waals surface area contributed by atoms with Gasteiger partial charge in [0, 0.05) is 13.3 Å². The molecule has 0 aliphatic rings. The second-order valence-electron chi connectivity index (χ2n) is 3.85. The number of carbonyl (C=O) groups is 3. The molecule has 19 heavy (non-hydrogen) atoms. The van der Waals surface area contributed by atoms with Crippen LogP contribution in [0, 0.1) is 0 Å². The zero-order valence-corrected chi connectivity index (χ0v) is 10.6. The van der Waals surface area contributed by atoms with Gasteiger partial charge >= 0.3 is 5.97 Å². The van der Waals surface area contributed by atoms with E-state index in [0.717, 1.165) is 5.56 Å². The summed E-state index contributed by atoms with van der Waals surface area (Å²) in [7, 11) is 0. The summed E-state index contributed by atoms with van der Waals surface area (Å²) in [4.78, 5) is 32.9. The van der Waals surface area contributed by atoms with E-state index in [-0.39, 0.29) is 6.73 Å². The number of carbonyl (C=O) groups excluding carboxylic acids is 3. The Hall–Kier alpha value is -2.37. The van der Waals surface area contributed by atoms with Crippen molar-refractivity contribution in [3.8, 4) is 0 Å². The summed E-state index contributed by atoms with van der Waals surface area (Å²) >= 11 is 0. The number of benzene rings is 1. The topological polar surface area (TPSA) is 84.5 Å². The Bertz CT molecular complexity index is 434. The van der Waals surface area contributed by atoms with Gasteiger partial charge in [-0.2, -0.15) is 0 Å². The molecule has 0 saturated carbocycles. The molecular weight excluding hydrogens is 248 g/mol. The van der Waals surface area contributed by atoms with Gasteiger partial charge in [-0.15, -0.1) is 0 Å². The van der Waals surface area contributed by atoms with E-state index in [1.807, 2.05) is 30.3 Å². The van der Waals surface area contributed by atoms with Gasteiger partial charge in [0.2, 0.25) is 12.3 Å². The van der Waals surface area contributed by atoms with Crippen LogP contribution < -0.4 is 10.6 Å². The smallest absolute Gasteiger partial charge is 0.304 e. The molecule has 0 aromatic heterocycles. The quantitative estimate of drug-likeness (QED) is 0.412. The molecule has 1 aromatic rings. The minimum absolute atomic E-state index is 0.208. The van der Waals surface area contributed by atoms with E-state index in [9.17, 15) is 14.4 Å². The molecule has 2 amide bonds. The fourth-order valence-corrected chi connectivity index (χ4v) is 1.49. The molecule has 1 unspecified atom stereocenters. The highest BCUT2D eigenvalue weighted by atomic mass is 16.5. The van der Waals surface area contributed by atoms with Gasteiger partial charge in [0.05, 0.1) is 0 Å². The number of hydrogen-bond acceptors (Lipinski definition) is 4. The summed E-state index contributed by atoms with van der Waals surface area (Å²) in [6.45, 7) is 1.04. The van der Waals surface area contributed by atoms with Crippen molar-refractivity contribution < 1.29 is 19.1 Å². The van der Waals surface area contributed by atoms with Gasteiger partial charge in [0.1, 0.15) is 6.04 Å². The summed E-state index contributed by atoms with van der Waals surface area (Å²) in [6.07, 6.45) is 0.838.